The number of nitrogens with zero attached hydrogens (tertiary/aromatic N) is 4. The Bertz CT molecular complexity index is 838. The summed E-state index contributed by atoms with van der Waals surface area (Å²) in [6.45, 7) is 5.34. The lowest BCUT2D eigenvalue weighted by atomic mass is 9.95. The summed E-state index contributed by atoms with van der Waals surface area (Å²) >= 11 is 0. The number of piperidine rings is 1. The van der Waals surface area contributed by atoms with Crippen LogP contribution < -0.4 is 5.32 Å². The van der Waals surface area contributed by atoms with Crippen LogP contribution in [-0.4, -0.2) is 77.2 Å². The molecule has 2 aliphatic rings. The van der Waals surface area contributed by atoms with Crippen molar-refractivity contribution in [2.75, 3.05) is 45.9 Å². The number of urea groups is 1. The summed E-state index contributed by atoms with van der Waals surface area (Å²) in [6, 6.07) is 8.02. The standard InChI is InChI=1S/C21H29N5O3/c27-20(24-12-14-29-15-13-24)17-6-10-25(11-7-17)21(28)22-8-3-9-26-16-23-18-4-1-2-5-19(18)26/h1-2,4-5,16-17H,3,6-15H2,(H,22,28). The molecule has 0 bridgehead atoms. The quantitative estimate of drug-likeness (QED) is 0.777. The van der Waals surface area contributed by atoms with Crippen molar-refractivity contribution in [2.45, 2.75) is 25.8 Å². The van der Waals surface area contributed by atoms with Crippen molar-refractivity contribution in [2.24, 2.45) is 5.92 Å². The molecule has 0 unspecified atom stereocenters. The molecular weight excluding hydrogens is 370 g/mol. The van der Waals surface area contributed by atoms with Crippen LogP contribution in [0.25, 0.3) is 11.0 Å². The maximum absolute atomic E-state index is 12.6. The van der Waals surface area contributed by atoms with E-state index in [-0.39, 0.29) is 17.9 Å². The van der Waals surface area contributed by atoms with E-state index in [2.05, 4.69) is 20.9 Å². The number of imidazole rings is 1. The first-order valence-electron chi connectivity index (χ1n) is 10.5. The van der Waals surface area contributed by atoms with E-state index in [0.29, 0.717) is 45.9 Å². The van der Waals surface area contributed by atoms with Gasteiger partial charge in [0, 0.05) is 45.2 Å². The van der Waals surface area contributed by atoms with E-state index < -0.39 is 0 Å². The van der Waals surface area contributed by atoms with Crippen LogP contribution in [0.15, 0.2) is 30.6 Å². The summed E-state index contributed by atoms with van der Waals surface area (Å²) in [4.78, 5) is 33.1. The maximum Gasteiger partial charge on any atom is 0.317 e. The van der Waals surface area contributed by atoms with Crippen LogP contribution >= 0.6 is 0 Å². The number of nitrogens with one attached hydrogen (secondary N) is 1. The second-order valence-electron chi connectivity index (χ2n) is 7.71. The van der Waals surface area contributed by atoms with Crippen LogP contribution in [0.1, 0.15) is 19.3 Å². The molecule has 2 aliphatic heterocycles. The molecule has 3 amide bonds. The first-order chi connectivity index (χ1) is 14.2. The van der Waals surface area contributed by atoms with Gasteiger partial charge in [0.15, 0.2) is 0 Å². The molecule has 0 spiro atoms. The van der Waals surface area contributed by atoms with Gasteiger partial charge in [-0.1, -0.05) is 12.1 Å². The van der Waals surface area contributed by atoms with Crippen LogP contribution in [0.2, 0.25) is 0 Å². The van der Waals surface area contributed by atoms with Crippen molar-refractivity contribution in [3.05, 3.63) is 30.6 Å². The summed E-state index contributed by atoms with van der Waals surface area (Å²) in [5.74, 6) is 0.257. The van der Waals surface area contributed by atoms with Crippen molar-refractivity contribution < 1.29 is 14.3 Å². The highest BCUT2D eigenvalue weighted by atomic mass is 16.5. The third kappa shape index (κ3) is 4.70. The SMILES string of the molecule is O=C(NCCCn1cnc2ccccc21)N1CCC(C(=O)N2CCOCC2)CC1. The summed E-state index contributed by atoms with van der Waals surface area (Å²) < 4.78 is 7.43. The smallest absolute Gasteiger partial charge is 0.317 e. The van der Waals surface area contributed by atoms with Crippen LogP contribution in [0.5, 0.6) is 0 Å². The van der Waals surface area contributed by atoms with E-state index in [4.69, 9.17) is 4.74 Å². The Labute approximate surface area is 170 Å². The van der Waals surface area contributed by atoms with Gasteiger partial charge in [0.25, 0.3) is 0 Å². The Hall–Kier alpha value is -2.61. The second-order valence-corrected chi connectivity index (χ2v) is 7.71. The average molecular weight is 399 g/mol. The Kier molecular flexibility index (Phi) is 6.29. The van der Waals surface area contributed by atoms with Crippen molar-refractivity contribution in [3.8, 4) is 0 Å². The molecular formula is C21H29N5O3. The van der Waals surface area contributed by atoms with Crippen LogP contribution in [-0.2, 0) is 16.1 Å². The molecule has 1 N–H and O–H groups in total. The third-order valence-corrected chi connectivity index (χ3v) is 5.83. The first kappa shape index (κ1) is 19.7. The molecule has 4 rings (SSSR count). The summed E-state index contributed by atoms with van der Waals surface area (Å²) in [5, 5.41) is 3.01. The number of carbonyl (C=O) groups excluding carboxylic acids is 2. The van der Waals surface area contributed by atoms with Gasteiger partial charge in [-0.25, -0.2) is 9.78 Å². The molecule has 156 valence electrons. The van der Waals surface area contributed by atoms with Crippen molar-refractivity contribution >= 4 is 23.0 Å². The molecule has 8 heteroatoms. The molecule has 3 heterocycles. The topological polar surface area (TPSA) is 79.7 Å². The minimum Gasteiger partial charge on any atom is -0.378 e. The van der Waals surface area contributed by atoms with Gasteiger partial charge in [0.1, 0.15) is 0 Å². The van der Waals surface area contributed by atoms with Crippen molar-refractivity contribution in [1.82, 2.24) is 24.7 Å². The average Bonchev–Trinajstić information content (AvgIpc) is 3.20. The fourth-order valence-electron chi connectivity index (χ4n) is 4.12. The number of likely N-dealkylation sites (tertiary alicyclic amines) is 1. The number of para-hydroxylation sites is 2. The number of morpholine rings is 1. The van der Waals surface area contributed by atoms with Crippen molar-refractivity contribution in [3.63, 3.8) is 0 Å². The fourth-order valence-corrected chi connectivity index (χ4v) is 4.12. The summed E-state index contributed by atoms with van der Waals surface area (Å²) in [6.07, 6.45) is 4.18. The van der Waals surface area contributed by atoms with Gasteiger partial charge >= 0.3 is 6.03 Å². The van der Waals surface area contributed by atoms with Gasteiger partial charge in [0.2, 0.25) is 5.91 Å². The molecule has 29 heavy (non-hydrogen) atoms. The summed E-state index contributed by atoms with van der Waals surface area (Å²) in [7, 11) is 0. The Morgan fingerprint density at radius 3 is 2.62 bits per heavy atom. The predicted molar refractivity (Wildman–Crippen MR) is 109 cm³/mol. The maximum atomic E-state index is 12.6. The van der Waals surface area contributed by atoms with E-state index in [1.165, 1.54) is 0 Å². The van der Waals surface area contributed by atoms with E-state index in [1.807, 2.05) is 34.3 Å². The minimum atomic E-state index is -0.0299. The number of ether oxygens (including phenoxy) is 1. The lowest BCUT2D eigenvalue weighted by Crippen LogP contribution is -2.49. The number of benzene rings is 1. The largest absolute Gasteiger partial charge is 0.378 e. The van der Waals surface area contributed by atoms with Gasteiger partial charge in [-0.15, -0.1) is 0 Å². The van der Waals surface area contributed by atoms with E-state index in [1.54, 1.807) is 0 Å². The molecule has 0 radical (unpaired) electrons. The van der Waals surface area contributed by atoms with E-state index in [0.717, 1.165) is 36.8 Å². The van der Waals surface area contributed by atoms with Crippen LogP contribution in [0.4, 0.5) is 4.79 Å². The normalized spacial score (nSPS) is 18.2. The molecule has 1 aromatic heterocycles. The van der Waals surface area contributed by atoms with E-state index >= 15 is 0 Å². The molecule has 0 atom stereocenters. The molecule has 0 aliphatic carbocycles. The van der Waals surface area contributed by atoms with Crippen LogP contribution in [0.3, 0.4) is 0 Å². The van der Waals surface area contributed by atoms with Crippen molar-refractivity contribution in [1.29, 1.82) is 0 Å². The molecule has 2 fully saturated rings. The highest BCUT2D eigenvalue weighted by Gasteiger charge is 2.30. The predicted octanol–water partition coefficient (Wildman–Crippen LogP) is 1.71. The number of aryl methyl sites for hydroxylation is 1. The first-order valence-corrected chi connectivity index (χ1v) is 10.5. The number of amides is 3. The lowest BCUT2D eigenvalue weighted by molar-refractivity contribution is -0.141. The Balaban J connectivity index is 1.17. The van der Waals surface area contributed by atoms with E-state index in [9.17, 15) is 9.59 Å². The number of carbonyl (C=O) groups is 2. The number of fused-ring (bicyclic) bond motifs is 1. The summed E-state index contributed by atoms with van der Waals surface area (Å²) in [5.41, 5.74) is 2.11. The Morgan fingerprint density at radius 2 is 1.83 bits per heavy atom. The fraction of sp³-hybridized carbons (Fsp3) is 0.571. The second kappa shape index (κ2) is 9.26. The number of aromatic nitrogens is 2. The molecule has 2 saturated heterocycles. The number of rotatable bonds is 5. The monoisotopic (exact) mass is 399 g/mol. The minimum absolute atomic E-state index is 0.0299. The highest BCUT2D eigenvalue weighted by Crippen LogP contribution is 2.20. The highest BCUT2D eigenvalue weighted by molar-refractivity contribution is 5.80. The third-order valence-electron chi connectivity index (χ3n) is 5.83. The zero-order valence-electron chi connectivity index (χ0n) is 16.8. The Morgan fingerprint density at radius 1 is 1.07 bits per heavy atom. The van der Waals surface area contributed by atoms with Gasteiger partial charge in [0.05, 0.1) is 30.6 Å². The molecule has 8 nitrogen and oxygen atoms in total. The molecule has 1 aromatic carbocycles. The van der Waals surface area contributed by atoms with Crippen LogP contribution in [0, 0.1) is 5.92 Å². The van der Waals surface area contributed by atoms with Gasteiger partial charge in [-0.05, 0) is 31.4 Å². The van der Waals surface area contributed by atoms with Gasteiger partial charge in [-0.2, -0.15) is 0 Å². The zero-order chi connectivity index (χ0) is 20.1. The number of hydrogen-bond donors (Lipinski definition) is 1. The zero-order valence-corrected chi connectivity index (χ0v) is 16.8. The van der Waals surface area contributed by atoms with Gasteiger partial charge < -0.3 is 24.4 Å². The molecule has 2 aromatic rings. The number of hydrogen-bond acceptors (Lipinski definition) is 4. The van der Waals surface area contributed by atoms with Gasteiger partial charge in [-0.3, -0.25) is 4.79 Å². The molecule has 0 saturated carbocycles. The lowest BCUT2D eigenvalue weighted by Gasteiger charge is -2.35.